The van der Waals surface area contributed by atoms with Crippen LogP contribution in [-0.4, -0.2) is 48.9 Å². The predicted molar refractivity (Wildman–Crippen MR) is 90.7 cm³/mol. The van der Waals surface area contributed by atoms with Gasteiger partial charge in [0.1, 0.15) is 18.0 Å². The predicted octanol–water partition coefficient (Wildman–Crippen LogP) is 1.38. The lowest BCUT2D eigenvalue weighted by Crippen LogP contribution is -2.25. The molecular formula is C18H21N3O4. The highest BCUT2D eigenvalue weighted by Gasteiger charge is 2.27. The van der Waals surface area contributed by atoms with Crippen LogP contribution in [0.5, 0.6) is 0 Å². The first kappa shape index (κ1) is 18.6. The van der Waals surface area contributed by atoms with E-state index in [1.165, 1.54) is 11.8 Å². The van der Waals surface area contributed by atoms with Crippen LogP contribution in [0.3, 0.4) is 0 Å². The second-order valence-corrected chi connectivity index (χ2v) is 5.23. The van der Waals surface area contributed by atoms with Crippen molar-refractivity contribution in [3.8, 4) is 11.8 Å². The number of nitrogens with zero attached hydrogens (tertiary/aromatic N) is 3. The van der Waals surface area contributed by atoms with Crippen LogP contribution in [0.25, 0.3) is 0 Å². The number of benzene rings is 1. The summed E-state index contributed by atoms with van der Waals surface area (Å²) in [4.78, 5) is 12.4. The van der Waals surface area contributed by atoms with Crippen LogP contribution in [0, 0.1) is 11.8 Å². The summed E-state index contributed by atoms with van der Waals surface area (Å²) in [5, 5.41) is 8.22. The molecule has 1 unspecified atom stereocenters. The quantitative estimate of drug-likeness (QED) is 0.558. The second kappa shape index (κ2) is 9.57. The Bertz CT molecular complexity index is 747. The minimum atomic E-state index is -0.669. The van der Waals surface area contributed by atoms with Gasteiger partial charge in [0.2, 0.25) is 0 Å². The molecule has 2 aromatic rings. The first-order valence-corrected chi connectivity index (χ1v) is 7.73. The SMILES string of the molecule is COCC#Cc1c(COC)nnn1C(Cc1ccccc1)C(=O)OC. The largest absolute Gasteiger partial charge is 0.467 e. The smallest absolute Gasteiger partial charge is 0.331 e. The fourth-order valence-electron chi connectivity index (χ4n) is 2.34. The molecule has 1 heterocycles. The zero-order valence-corrected chi connectivity index (χ0v) is 14.6. The van der Waals surface area contributed by atoms with Crippen molar-refractivity contribution in [2.24, 2.45) is 0 Å². The van der Waals surface area contributed by atoms with Crippen LogP contribution in [0.2, 0.25) is 0 Å². The van der Waals surface area contributed by atoms with Gasteiger partial charge in [-0.2, -0.15) is 0 Å². The summed E-state index contributed by atoms with van der Waals surface area (Å²) in [6, 6.07) is 8.97. The normalized spacial score (nSPS) is 11.5. The number of hydrogen-bond donors (Lipinski definition) is 0. The fourth-order valence-corrected chi connectivity index (χ4v) is 2.34. The standard InChI is InChI=1S/C18H21N3O4/c1-23-11-7-10-16-15(13-24-2)19-20-21(16)17(18(22)25-3)12-14-8-5-4-6-9-14/h4-6,8-9,17H,11-13H2,1-3H3. The summed E-state index contributed by atoms with van der Waals surface area (Å²) in [5.41, 5.74) is 2.07. The van der Waals surface area contributed by atoms with Crippen LogP contribution < -0.4 is 0 Å². The average Bonchev–Trinajstić information content (AvgIpc) is 3.03. The number of methoxy groups -OCH3 is 3. The van der Waals surface area contributed by atoms with Crippen molar-refractivity contribution < 1.29 is 19.0 Å². The molecule has 1 atom stereocenters. The topological polar surface area (TPSA) is 75.5 Å². The molecule has 1 aromatic heterocycles. The molecule has 0 amide bonds. The summed E-state index contributed by atoms with van der Waals surface area (Å²) in [6.07, 6.45) is 0.419. The van der Waals surface area contributed by atoms with Gasteiger partial charge in [0.15, 0.2) is 6.04 Å². The van der Waals surface area contributed by atoms with Gasteiger partial charge in [-0.05, 0) is 11.5 Å². The lowest BCUT2D eigenvalue weighted by molar-refractivity contribution is -0.145. The molecule has 0 aliphatic rings. The number of carbonyl (C=O) groups excluding carboxylic acids is 1. The van der Waals surface area contributed by atoms with E-state index in [0.717, 1.165) is 5.56 Å². The van der Waals surface area contributed by atoms with Crippen LogP contribution in [0.15, 0.2) is 30.3 Å². The first-order valence-electron chi connectivity index (χ1n) is 7.73. The van der Waals surface area contributed by atoms with Gasteiger partial charge in [0.25, 0.3) is 0 Å². The Morgan fingerprint density at radius 1 is 1.20 bits per heavy atom. The number of hydrogen-bond acceptors (Lipinski definition) is 6. The lowest BCUT2D eigenvalue weighted by Gasteiger charge is -2.16. The van der Waals surface area contributed by atoms with Crippen molar-refractivity contribution in [2.45, 2.75) is 19.1 Å². The average molecular weight is 343 g/mol. The van der Waals surface area contributed by atoms with E-state index < -0.39 is 12.0 Å². The first-order chi connectivity index (χ1) is 12.2. The molecule has 25 heavy (non-hydrogen) atoms. The van der Waals surface area contributed by atoms with Crippen LogP contribution in [0.4, 0.5) is 0 Å². The van der Waals surface area contributed by atoms with E-state index in [9.17, 15) is 4.79 Å². The van der Waals surface area contributed by atoms with E-state index in [1.807, 2.05) is 30.3 Å². The number of carbonyl (C=O) groups is 1. The number of esters is 1. The molecule has 0 fully saturated rings. The maximum atomic E-state index is 12.4. The van der Waals surface area contributed by atoms with Crippen LogP contribution in [0.1, 0.15) is 23.0 Å². The van der Waals surface area contributed by atoms with Gasteiger partial charge in [-0.15, -0.1) is 5.10 Å². The van der Waals surface area contributed by atoms with Gasteiger partial charge in [-0.25, -0.2) is 9.48 Å². The van der Waals surface area contributed by atoms with Crippen molar-refractivity contribution in [3.63, 3.8) is 0 Å². The summed E-state index contributed by atoms with van der Waals surface area (Å²) in [5.74, 6) is 5.43. The van der Waals surface area contributed by atoms with E-state index in [4.69, 9.17) is 14.2 Å². The zero-order valence-electron chi connectivity index (χ0n) is 14.6. The Morgan fingerprint density at radius 3 is 2.60 bits per heavy atom. The molecule has 0 aliphatic heterocycles. The van der Waals surface area contributed by atoms with E-state index in [0.29, 0.717) is 17.8 Å². The number of aromatic nitrogens is 3. The minimum absolute atomic E-state index is 0.246. The van der Waals surface area contributed by atoms with Crippen molar-refractivity contribution in [2.75, 3.05) is 27.9 Å². The van der Waals surface area contributed by atoms with Gasteiger partial charge in [-0.1, -0.05) is 41.5 Å². The van der Waals surface area contributed by atoms with Crippen molar-refractivity contribution in [1.29, 1.82) is 0 Å². The Hall–Kier alpha value is -2.69. The Morgan fingerprint density at radius 2 is 1.96 bits per heavy atom. The molecule has 0 radical (unpaired) electrons. The van der Waals surface area contributed by atoms with Gasteiger partial charge in [-0.3, -0.25) is 0 Å². The van der Waals surface area contributed by atoms with Gasteiger partial charge in [0, 0.05) is 20.6 Å². The third kappa shape index (κ3) is 4.89. The number of ether oxygens (including phenoxy) is 3. The maximum absolute atomic E-state index is 12.4. The molecule has 7 nitrogen and oxygen atoms in total. The van der Waals surface area contributed by atoms with E-state index in [-0.39, 0.29) is 13.2 Å². The highest BCUT2D eigenvalue weighted by Crippen LogP contribution is 2.19. The molecule has 0 aliphatic carbocycles. The second-order valence-electron chi connectivity index (χ2n) is 5.23. The van der Waals surface area contributed by atoms with Gasteiger partial charge < -0.3 is 14.2 Å². The molecule has 0 spiro atoms. The highest BCUT2D eigenvalue weighted by molar-refractivity contribution is 5.74. The Labute approximate surface area is 146 Å². The summed E-state index contributed by atoms with van der Waals surface area (Å²) in [7, 11) is 4.48. The molecular weight excluding hydrogens is 322 g/mol. The molecule has 0 saturated heterocycles. The Balaban J connectivity index is 2.42. The lowest BCUT2D eigenvalue weighted by atomic mass is 10.1. The van der Waals surface area contributed by atoms with E-state index in [2.05, 4.69) is 22.2 Å². The summed E-state index contributed by atoms with van der Waals surface area (Å²) in [6.45, 7) is 0.509. The highest BCUT2D eigenvalue weighted by atomic mass is 16.5. The third-order valence-corrected chi connectivity index (χ3v) is 3.51. The van der Waals surface area contributed by atoms with Gasteiger partial charge >= 0.3 is 5.97 Å². The fraction of sp³-hybridized carbons (Fsp3) is 0.389. The summed E-state index contributed by atoms with van der Waals surface area (Å²) >= 11 is 0. The minimum Gasteiger partial charge on any atom is -0.467 e. The molecule has 132 valence electrons. The van der Waals surface area contributed by atoms with Crippen molar-refractivity contribution in [1.82, 2.24) is 15.0 Å². The number of rotatable bonds is 7. The van der Waals surface area contributed by atoms with Crippen molar-refractivity contribution in [3.05, 3.63) is 47.3 Å². The van der Waals surface area contributed by atoms with Crippen molar-refractivity contribution >= 4 is 5.97 Å². The maximum Gasteiger partial charge on any atom is 0.331 e. The molecule has 0 N–H and O–H groups in total. The Kier molecular flexibility index (Phi) is 7.14. The molecule has 1 aromatic carbocycles. The van der Waals surface area contributed by atoms with Crippen LogP contribution >= 0.6 is 0 Å². The zero-order chi connectivity index (χ0) is 18.1. The molecule has 2 rings (SSSR count). The van der Waals surface area contributed by atoms with Gasteiger partial charge in [0.05, 0.1) is 13.7 Å². The molecule has 0 bridgehead atoms. The van der Waals surface area contributed by atoms with E-state index >= 15 is 0 Å². The monoisotopic (exact) mass is 343 g/mol. The van der Waals surface area contributed by atoms with Crippen LogP contribution in [-0.2, 0) is 32.0 Å². The third-order valence-electron chi connectivity index (χ3n) is 3.51. The molecule has 7 heteroatoms. The molecule has 0 saturated carbocycles. The van der Waals surface area contributed by atoms with E-state index in [1.54, 1.807) is 14.2 Å². The summed E-state index contributed by atoms with van der Waals surface area (Å²) < 4.78 is 16.6.